The second-order valence-corrected chi connectivity index (χ2v) is 3.76. The lowest BCUT2D eigenvalue weighted by Crippen LogP contribution is -2.11. The van der Waals surface area contributed by atoms with Crippen molar-refractivity contribution in [1.29, 1.82) is 0 Å². The van der Waals surface area contributed by atoms with Crippen LogP contribution in [0.3, 0.4) is 0 Å². The third kappa shape index (κ3) is 3.07. The normalized spacial score (nSPS) is 10.6. The van der Waals surface area contributed by atoms with E-state index in [0.717, 1.165) is 24.1 Å². The summed E-state index contributed by atoms with van der Waals surface area (Å²) in [4.78, 5) is 11.1. The maximum atomic E-state index is 11.1. The van der Waals surface area contributed by atoms with Gasteiger partial charge in [-0.15, -0.1) is 0 Å². The van der Waals surface area contributed by atoms with Crippen LogP contribution in [-0.2, 0) is 0 Å². The van der Waals surface area contributed by atoms with Crippen molar-refractivity contribution in [3.8, 4) is 5.75 Å². The number of hydrogen-bond donors (Lipinski definition) is 1. The number of hydrogen-bond acceptors (Lipinski definition) is 4. The second kappa shape index (κ2) is 5.50. The molecule has 0 bridgehead atoms. The highest BCUT2D eigenvalue weighted by atomic mass is 16.5. The molecule has 2 aromatic rings. The van der Waals surface area contributed by atoms with Gasteiger partial charge >= 0.3 is 5.63 Å². The Hall–Kier alpha value is -1.81. The minimum absolute atomic E-state index is 0.343. The zero-order valence-electron chi connectivity index (χ0n) is 9.73. The van der Waals surface area contributed by atoms with E-state index in [1.807, 2.05) is 19.2 Å². The van der Waals surface area contributed by atoms with Gasteiger partial charge in [-0.1, -0.05) is 0 Å². The second-order valence-electron chi connectivity index (χ2n) is 3.76. The van der Waals surface area contributed by atoms with E-state index in [1.54, 1.807) is 12.1 Å². The van der Waals surface area contributed by atoms with E-state index in [0.29, 0.717) is 12.2 Å². The average molecular weight is 233 g/mol. The quantitative estimate of drug-likeness (QED) is 0.631. The van der Waals surface area contributed by atoms with Crippen molar-refractivity contribution in [3.63, 3.8) is 0 Å². The predicted octanol–water partition coefficient (Wildman–Crippen LogP) is 1.78. The van der Waals surface area contributed by atoms with Crippen LogP contribution in [0, 0.1) is 0 Å². The van der Waals surface area contributed by atoms with E-state index < -0.39 is 0 Å². The molecule has 0 fully saturated rings. The van der Waals surface area contributed by atoms with E-state index in [2.05, 4.69) is 5.32 Å². The molecular formula is C13H15NO3. The summed E-state index contributed by atoms with van der Waals surface area (Å²) in [6.07, 6.45) is 0.938. The van der Waals surface area contributed by atoms with Crippen LogP contribution in [0.1, 0.15) is 6.42 Å². The molecule has 0 aliphatic rings. The molecule has 4 nitrogen and oxygen atoms in total. The molecule has 90 valence electrons. The summed E-state index contributed by atoms with van der Waals surface area (Å²) in [6.45, 7) is 1.56. The fraction of sp³-hybridized carbons (Fsp3) is 0.308. The zero-order valence-corrected chi connectivity index (χ0v) is 9.73. The molecule has 2 rings (SSSR count). The lowest BCUT2D eigenvalue weighted by atomic mass is 10.2. The highest BCUT2D eigenvalue weighted by Gasteiger charge is 2.00. The molecule has 0 radical (unpaired) electrons. The first-order valence-electron chi connectivity index (χ1n) is 5.61. The van der Waals surface area contributed by atoms with Crippen molar-refractivity contribution in [2.45, 2.75) is 6.42 Å². The number of benzene rings is 1. The maximum Gasteiger partial charge on any atom is 0.336 e. The largest absolute Gasteiger partial charge is 0.493 e. The van der Waals surface area contributed by atoms with Gasteiger partial charge in [-0.3, -0.25) is 0 Å². The predicted molar refractivity (Wildman–Crippen MR) is 66.5 cm³/mol. The molecule has 0 saturated carbocycles. The van der Waals surface area contributed by atoms with E-state index >= 15 is 0 Å². The van der Waals surface area contributed by atoms with Crippen LogP contribution in [0.5, 0.6) is 5.75 Å². The fourth-order valence-electron chi connectivity index (χ4n) is 1.57. The average Bonchev–Trinajstić information content (AvgIpc) is 2.34. The van der Waals surface area contributed by atoms with Gasteiger partial charge in [0.15, 0.2) is 0 Å². The van der Waals surface area contributed by atoms with Crippen molar-refractivity contribution >= 4 is 11.0 Å². The summed E-state index contributed by atoms with van der Waals surface area (Å²) in [5.74, 6) is 0.725. The Morgan fingerprint density at radius 3 is 2.94 bits per heavy atom. The lowest BCUT2D eigenvalue weighted by Gasteiger charge is -2.06. The molecule has 0 atom stereocenters. The van der Waals surface area contributed by atoms with Gasteiger partial charge in [0.05, 0.1) is 6.61 Å². The Kier molecular flexibility index (Phi) is 3.77. The van der Waals surface area contributed by atoms with Gasteiger partial charge in [-0.05, 0) is 38.2 Å². The number of ether oxygens (including phenoxy) is 1. The molecule has 1 heterocycles. The van der Waals surface area contributed by atoms with Crippen molar-refractivity contribution in [2.24, 2.45) is 0 Å². The molecule has 0 unspecified atom stereocenters. The van der Waals surface area contributed by atoms with Crippen molar-refractivity contribution < 1.29 is 9.15 Å². The van der Waals surface area contributed by atoms with Crippen LogP contribution in [0.15, 0.2) is 39.5 Å². The van der Waals surface area contributed by atoms with E-state index in [-0.39, 0.29) is 5.63 Å². The van der Waals surface area contributed by atoms with E-state index in [1.165, 1.54) is 6.07 Å². The summed E-state index contributed by atoms with van der Waals surface area (Å²) in [6, 6.07) is 8.66. The van der Waals surface area contributed by atoms with Crippen molar-refractivity contribution in [2.75, 3.05) is 20.2 Å². The Morgan fingerprint density at radius 1 is 1.29 bits per heavy atom. The van der Waals surface area contributed by atoms with Gasteiger partial charge in [0.25, 0.3) is 0 Å². The highest BCUT2D eigenvalue weighted by Crippen LogP contribution is 2.19. The summed E-state index contributed by atoms with van der Waals surface area (Å²) in [5.41, 5.74) is 0.216. The molecule has 0 spiro atoms. The topological polar surface area (TPSA) is 51.5 Å². The van der Waals surface area contributed by atoms with Gasteiger partial charge in [0.1, 0.15) is 11.3 Å². The van der Waals surface area contributed by atoms with Crippen LogP contribution in [0.2, 0.25) is 0 Å². The molecule has 0 amide bonds. The third-order valence-corrected chi connectivity index (χ3v) is 2.43. The van der Waals surface area contributed by atoms with Gasteiger partial charge in [-0.2, -0.15) is 0 Å². The van der Waals surface area contributed by atoms with Crippen molar-refractivity contribution in [3.05, 3.63) is 40.8 Å². The van der Waals surface area contributed by atoms with Gasteiger partial charge in [-0.25, -0.2) is 4.79 Å². The zero-order chi connectivity index (χ0) is 12.1. The fourth-order valence-corrected chi connectivity index (χ4v) is 1.57. The minimum atomic E-state index is -0.343. The SMILES string of the molecule is CNCCCOc1ccc2ccc(=O)oc2c1. The van der Waals surface area contributed by atoms with E-state index in [9.17, 15) is 4.79 Å². The monoisotopic (exact) mass is 233 g/mol. The van der Waals surface area contributed by atoms with Crippen LogP contribution < -0.4 is 15.7 Å². The standard InChI is InChI=1S/C13H15NO3/c1-14-7-2-8-16-11-5-3-10-4-6-13(15)17-12(10)9-11/h3-6,9,14H,2,7-8H2,1H3. The maximum absolute atomic E-state index is 11.1. The molecule has 0 aliphatic heterocycles. The van der Waals surface area contributed by atoms with Crippen LogP contribution >= 0.6 is 0 Å². The van der Waals surface area contributed by atoms with Gasteiger partial charge in [0, 0.05) is 17.5 Å². The first-order chi connectivity index (χ1) is 8.29. The summed E-state index contributed by atoms with van der Waals surface area (Å²) in [5, 5.41) is 3.95. The molecule has 0 aliphatic carbocycles. The number of rotatable bonds is 5. The first-order valence-corrected chi connectivity index (χ1v) is 5.61. The summed E-state index contributed by atoms with van der Waals surface area (Å²) >= 11 is 0. The smallest absolute Gasteiger partial charge is 0.336 e. The van der Waals surface area contributed by atoms with Gasteiger partial charge < -0.3 is 14.5 Å². The van der Waals surface area contributed by atoms with Crippen LogP contribution in [0.25, 0.3) is 11.0 Å². The molecular weight excluding hydrogens is 218 g/mol. The summed E-state index contributed by atoms with van der Waals surface area (Å²) < 4.78 is 10.6. The molecule has 17 heavy (non-hydrogen) atoms. The van der Waals surface area contributed by atoms with E-state index in [4.69, 9.17) is 9.15 Å². The van der Waals surface area contributed by atoms with Crippen molar-refractivity contribution in [1.82, 2.24) is 5.32 Å². The lowest BCUT2D eigenvalue weighted by molar-refractivity contribution is 0.309. The number of nitrogens with one attached hydrogen (secondary N) is 1. The first kappa shape index (κ1) is 11.7. The molecule has 0 saturated heterocycles. The molecule has 1 N–H and O–H groups in total. The van der Waals surface area contributed by atoms with Gasteiger partial charge in [0.2, 0.25) is 0 Å². The van der Waals surface area contributed by atoms with Crippen LogP contribution in [-0.4, -0.2) is 20.2 Å². The Morgan fingerprint density at radius 2 is 2.12 bits per heavy atom. The number of fused-ring (bicyclic) bond motifs is 1. The summed E-state index contributed by atoms with van der Waals surface area (Å²) in [7, 11) is 1.91. The van der Waals surface area contributed by atoms with Crippen LogP contribution in [0.4, 0.5) is 0 Å². The third-order valence-electron chi connectivity index (χ3n) is 2.43. The minimum Gasteiger partial charge on any atom is -0.493 e. The Bertz CT molecular complexity index is 548. The Balaban J connectivity index is 2.11. The molecule has 1 aromatic carbocycles. The Labute approximate surface area is 99.2 Å². The highest BCUT2D eigenvalue weighted by molar-refractivity contribution is 5.77. The molecule has 1 aromatic heterocycles. The molecule has 4 heteroatoms.